The minimum atomic E-state index is -0.134. The van der Waals surface area contributed by atoms with Gasteiger partial charge in [0.1, 0.15) is 0 Å². The lowest BCUT2D eigenvalue weighted by atomic mass is 10.2. The number of anilines is 1. The van der Waals surface area contributed by atoms with Crippen molar-refractivity contribution in [1.29, 1.82) is 0 Å². The molecule has 104 valence electrons. The highest BCUT2D eigenvalue weighted by atomic mass is 16.5. The highest BCUT2D eigenvalue weighted by molar-refractivity contribution is 6.05. The van der Waals surface area contributed by atoms with Crippen molar-refractivity contribution >= 4 is 11.6 Å². The van der Waals surface area contributed by atoms with Crippen LogP contribution < -0.4 is 14.4 Å². The van der Waals surface area contributed by atoms with Gasteiger partial charge in [0.05, 0.1) is 19.8 Å². The average molecular weight is 272 g/mol. The number of aromatic nitrogens is 1. The molecular formula is C15H16N2O3. The lowest BCUT2D eigenvalue weighted by molar-refractivity contribution is 0.0992. The minimum absolute atomic E-state index is 0.134. The summed E-state index contributed by atoms with van der Waals surface area (Å²) in [6.45, 7) is 0. The van der Waals surface area contributed by atoms with E-state index in [9.17, 15) is 4.79 Å². The van der Waals surface area contributed by atoms with Gasteiger partial charge in [-0.15, -0.1) is 0 Å². The van der Waals surface area contributed by atoms with Crippen LogP contribution in [0.15, 0.2) is 42.7 Å². The fraction of sp³-hybridized carbons (Fsp3) is 0.200. The van der Waals surface area contributed by atoms with Gasteiger partial charge in [-0.3, -0.25) is 9.78 Å². The van der Waals surface area contributed by atoms with E-state index in [2.05, 4.69) is 4.98 Å². The first-order valence-electron chi connectivity index (χ1n) is 6.07. The second-order valence-electron chi connectivity index (χ2n) is 4.15. The number of carbonyl (C=O) groups excluding carboxylic acids is 1. The molecule has 20 heavy (non-hydrogen) atoms. The summed E-state index contributed by atoms with van der Waals surface area (Å²) in [6, 6.07) is 8.78. The molecule has 0 atom stereocenters. The highest BCUT2D eigenvalue weighted by Crippen LogP contribution is 2.31. The van der Waals surface area contributed by atoms with Crippen molar-refractivity contribution in [1.82, 2.24) is 4.98 Å². The van der Waals surface area contributed by atoms with Crippen molar-refractivity contribution in [3.63, 3.8) is 0 Å². The van der Waals surface area contributed by atoms with Crippen LogP contribution >= 0.6 is 0 Å². The van der Waals surface area contributed by atoms with Crippen LogP contribution in [0.5, 0.6) is 11.5 Å². The molecule has 0 aliphatic rings. The van der Waals surface area contributed by atoms with Gasteiger partial charge in [0, 0.05) is 31.2 Å². The molecule has 0 saturated carbocycles. The predicted octanol–water partition coefficient (Wildman–Crippen LogP) is 2.38. The number of benzene rings is 1. The Kier molecular flexibility index (Phi) is 4.20. The molecule has 0 spiro atoms. The molecule has 0 saturated heterocycles. The molecule has 2 rings (SSSR count). The lowest BCUT2D eigenvalue weighted by Gasteiger charge is -2.19. The first-order chi connectivity index (χ1) is 9.67. The van der Waals surface area contributed by atoms with Crippen LogP contribution in [0.25, 0.3) is 0 Å². The molecule has 1 aromatic carbocycles. The monoisotopic (exact) mass is 272 g/mol. The van der Waals surface area contributed by atoms with Gasteiger partial charge in [-0.05, 0) is 24.3 Å². The van der Waals surface area contributed by atoms with Gasteiger partial charge >= 0.3 is 0 Å². The summed E-state index contributed by atoms with van der Waals surface area (Å²) in [7, 11) is 4.84. The maximum atomic E-state index is 12.3. The fourth-order valence-corrected chi connectivity index (χ4v) is 1.83. The normalized spacial score (nSPS) is 9.95. The molecule has 0 bridgehead atoms. The topological polar surface area (TPSA) is 51.7 Å². The number of carbonyl (C=O) groups is 1. The van der Waals surface area contributed by atoms with Crippen LogP contribution in [-0.4, -0.2) is 32.2 Å². The summed E-state index contributed by atoms with van der Waals surface area (Å²) < 4.78 is 10.4. The standard InChI is InChI=1S/C15H16N2O3/c1-17(15(18)11-5-4-8-16-10-11)12-6-7-13(19-2)14(9-12)20-3/h4-10H,1-3H3. The number of amides is 1. The van der Waals surface area contributed by atoms with E-state index in [-0.39, 0.29) is 5.91 Å². The number of hydrogen-bond acceptors (Lipinski definition) is 4. The average Bonchev–Trinajstić information content (AvgIpc) is 2.53. The third-order valence-electron chi connectivity index (χ3n) is 2.97. The zero-order valence-corrected chi connectivity index (χ0v) is 11.7. The van der Waals surface area contributed by atoms with Crippen LogP contribution in [0.3, 0.4) is 0 Å². The number of methoxy groups -OCH3 is 2. The van der Waals surface area contributed by atoms with Crippen molar-refractivity contribution < 1.29 is 14.3 Å². The van der Waals surface area contributed by atoms with Crippen molar-refractivity contribution in [3.05, 3.63) is 48.3 Å². The molecule has 2 aromatic rings. The number of ether oxygens (including phenoxy) is 2. The molecule has 1 heterocycles. The molecule has 0 radical (unpaired) electrons. The summed E-state index contributed by atoms with van der Waals surface area (Å²) in [5.74, 6) is 1.07. The Bertz CT molecular complexity index is 599. The van der Waals surface area contributed by atoms with Crippen molar-refractivity contribution in [2.24, 2.45) is 0 Å². The summed E-state index contributed by atoms with van der Waals surface area (Å²) >= 11 is 0. The summed E-state index contributed by atoms with van der Waals surface area (Å²) in [5, 5.41) is 0. The molecular weight excluding hydrogens is 256 g/mol. The third kappa shape index (κ3) is 2.71. The molecule has 0 N–H and O–H groups in total. The minimum Gasteiger partial charge on any atom is -0.493 e. The molecule has 1 aromatic heterocycles. The van der Waals surface area contributed by atoms with Crippen LogP contribution in [0.1, 0.15) is 10.4 Å². The Morgan fingerprint density at radius 3 is 2.50 bits per heavy atom. The van der Waals surface area contributed by atoms with E-state index in [1.807, 2.05) is 0 Å². The van der Waals surface area contributed by atoms with Gasteiger partial charge < -0.3 is 14.4 Å². The molecule has 0 unspecified atom stereocenters. The van der Waals surface area contributed by atoms with E-state index in [0.29, 0.717) is 17.1 Å². The van der Waals surface area contributed by atoms with E-state index in [1.54, 1.807) is 68.9 Å². The molecule has 1 amide bonds. The molecule has 5 heteroatoms. The van der Waals surface area contributed by atoms with Crippen molar-refractivity contribution in [2.75, 3.05) is 26.2 Å². The number of hydrogen-bond donors (Lipinski definition) is 0. The largest absolute Gasteiger partial charge is 0.493 e. The van der Waals surface area contributed by atoms with Crippen molar-refractivity contribution in [2.45, 2.75) is 0 Å². The second-order valence-corrected chi connectivity index (χ2v) is 4.15. The molecule has 0 aliphatic carbocycles. The Morgan fingerprint density at radius 2 is 1.90 bits per heavy atom. The Hall–Kier alpha value is -2.56. The first-order valence-corrected chi connectivity index (χ1v) is 6.07. The number of pyridine rings is 1. The number of nitrogens with zero attached hydrogens (tertiary/aromatic N) is 2. The summed E-state index contributed by atoms with van der Waals surface area (Å²) in [5.41, 5.74) is 1.25. The zero-order valence-electron chi connectivity index (χ0n) is 11.7. The van der Waals surface area contributed by atoms with Gasteiger partial charge in [0.25, 0.3) is 5.91 Å². The van der Waals surface area contributed by atoms with Crippen molar-refractivity contribution in [3.8, 4) is 11.5 Å². The second kappa shape index (κ2) is 6.06. The van der Waals surface area contributed by atoms with E-state index < -0.39 is 0 Å². The van der Waals surface area contributed by atoms with Gasteiger partial charge in [-0.25, -0.2) is 0 Å². The number of rotatable bonds is 4. The van der Waals surface area contributed by atoms with E-state index >= 15 is 0 Å². The van der Waals surface area contributed by atoms with Crippen LogP contribution in [0.4, 0.5) is 5.69 Å². The predicted molar refractivity (Wildman–Crippen MR) is 76.5 cm³/mol. The fourth-order valence-electron chi connectivity index (χ4n) is 1.83. The van der Waals surface area contributed by atoms with Crippen LogP contribution in [0, 0.1) is 0 Å². The van der Waals surface area contributed by atoms with Gasteiger partial charge in [-0.1, -0.05) is 0 Å². The van der Waals surface area contributed by atoms with E-state index in [1.165, 1.54) is 0 Å². The van der Waals surface area contributed by atoms with Gasteiger partial charge in [-0.2, -0.15) is 0 Å². The van der Waals surface area contributed by atoms with Gasteiger partial charge in [0.15, 0.2) is 11.5 Å². The molecule has 0 aliphatic heterocycles. The SMILES string of the molecule is COc1ccc(N(C)C(=O)c2cccnc2)cc1OC. The Labute approximate surface area is 117 Å². The van der Waals surface area contributed by atoms with E-state index in [0.717, 1.165) is 5.69 Å². The third-order valence-corrected chi connectivity index (χ3v) is 2.97. The Balaban J connectivity index is 2.29. The summed E-state index contributed by atoms with van der Waals surface area (Å²) in [4.78, 5) is 17.8. The molecule has 5 nitrogen and oxygen atoms in total. The van der Waals surface area contributed by atoms with Crippen LogP contribution in [0.2, 0.25) is 0 Å². The first kappa shape index (κ1) is 13.9. The van der Waals surface area contributed by atoms with E-state index in [4.69, 9.17) is 9.47 Å². The molecule has 0 fully saturated rings. The van der Waals surface area contributed by atoms with Gasteiger partial charge in [0.2, 0.25) is 0 Å². The smallest absolute Gasteiger partial charge is 0.259 e. The highest BCUT2D eigenvalue weighted by Gasteiger charge is 2.15. The maximum Gasteiger partial charge on any atom is 0.259 e. The summed E-state index contributed by atoms with van der Waals surface area (Å²) in [6.07, 6.45) is 3.17. The van der Waals surface area contributed by atoms with Crippen LogP contribution in [-0.2, 0) is 0 Å². The quantitative estimate of drug-likeness (QED) is 0.857. The zero-order chi connectivity index (χ0) is 14.5. The lowest BCUT2D eigenvalue weighted by Crippen LogP contribution is -2.26. The maximum absolute atomic E-state index is 12.3. The Morgan fingerprint density at radius 1 is 1.15 bits per heavy atom.